The molecule has 0 aliphatic carbocycles. The van der Waals surface area contributed by atoms with Crippen LogP contribution in [0.5, 0.6) is 5.88 Å². The van der Waals surface area contributed by atoms with Gasteiger partial charge in [-0.15, -0.1) is 0 Å². The van der Waals surface area contributed by atoms with Crippen molar-refractivity contribution >= 4 is 62.0 Å². The fourth-order valence-corrected chi connectivity index (χ4v) is 4.20. The van der Waals surface area contributed by atoms with Gasteiger partial charge in [-0.25, -0.2) is 4.98 Å². The summed E-state index contributed by atoms with van der Waals surface area (Å²) in [6, 6.07) is 4.98. The molecule has 0 saturated heterocycles. The van der Waals surface area contributed by atoms with E-state index in [2.05, 4.69) is 25.3 Å². The van der Waals surface area contributed by atoms with Gasteiger partial charge in [0.1, 0.15) is 21.3 Å². The number of aromatic hydroxyl groups is 1. The Hall–Kier alpha value is -2.73. The highest BCUT2D eigenvalue weighted by Crippen LogP contribution is 2.34. The molecule has 1 aromatic carbocycles. The van der Waals surface area contributed by atoms with Gasteiger partial charge in [-0.2, -0.15) is 4.37 Å². The first-order valence-corrected chi connectivity index (χ1v) is 10.7. The van der Waals surface area contributed by atoms with E-state index in [4.69, 9.17) is 22.1 Å². The molecule has 0 aliphatic heterocycles. The van der Waals surface area contributed by atoms with E-state index >= 15 is 0 Å². The molecule has 0 bridgehead atoms. The molecule has 0 aliphatic rings. The van der Waals surface area contributed by atoms with Crippen LogP contribution < -0.4 is 16.0 Å². The van der Waals surface area contributed by atoms with E-state index < -0.39 is 0 Å². The van der Waals surface area contributed by atoms with Gasteiger partial charge in [0.05, 0.1) is 23.5 Å². The Morgan fingerprint density at radius 1 is 1.40 bits per heavy atom. The van der Waals surface area contributed by atoms with E-state index in [-0.39, 0.29) is 35.8 Å². The smallest absolute Gasteiger partial charge is 0.267 e. The quantitative estimate of drug-likeness (QED) is 0.231. The summed E-state index contributed by atoms with van der Waals surface area (Å²) in [6.45, 7) is 3.38. The van der Waals surface area contributed by atoms with Crippen LogP contribution in [0.15, 0.2) is 24.4 Å². The van der Waals surface area contributed by atoms with Crippen molar-refractivity contribution in [2.75, 3.05) is 17.2 Å². The summed E-state index contributed by atoms with van der Waals surface area (Å²) in [5.74, 6) is -0.752. The molecule has 2 heterocycles. The highest BCUT2D eigenvalue weighted by molar-refractivity contribution is 7.18. The van der Waals surface area contributed by atoms with Gasteiger partial charge in [0, 0.05) is 6.04 Å². The fraction of sp³-hybridized carbons (Fsp3) is 0.222. The Labute approximate surface area is 185 Å². The predicted octanol–water partition coefficient (Wildman–Crippen LogP) is 3.56. The van der Waals surface area contributed by atoms with E-state index in [0.717, 1.165) is 28.4 Å². The number of aryl methyl sites for hydroxylation is 1. The molecule has 1 unspecified atom stereocenters. The molecule has 0 spiro atoms. The van der Waals surface area contributed by atoms with Crippen LogP contribution in [0.2, 0.25) is 5.02 Å². The molecule has 30 heavy (non-hydrogen) atoms. The summed E-state index contributed by atoms with van der Waals surface area (Å²) in [7, 11) is 0. The zero-order chi connectivity index (χ0) is 21.8. The van der Waals surface area contributed by atoms with Crippen LogP contribution >= 0.6 is 34.5 Å². The second-order valence-electron chi connectivity index (χ2n) is 6.35. The monoisotopic (exact) mass is 466 g/mol. The molecule has 3 rings (SSSR count). The number of nitrogens with one attached hydrogen (secondary N) is 4. The molecule has 158 valence electrons. The normalized spacial score (nSPS) is 11.7. The molecule has 3 aromatic rings. The number of amidine groups is 1. The Kier molecular flexibility index (Phi) is 6.87. The highest BCUT2D eigenvalue weighted by Gasteiger charge is 2.21. The number of aromatic nitrogens is 2. The van der Waals surface area contributed by atoms with Gasteiger partial charge in [-0.05, 0) is 37.0 Å². The van der Waals surface area contributed by atoms with Crippen molar-refractivity contribution in [2.24, 2.45) is 0 Å². The Morgan fingerprint density at radius 2 is 2.17 bits per heavy atom. The summed E-state index contributed by atoms with van der Waals surface area (Å²) < 4.78 is 3.86. The van der Waals surface area contributed by atoms with Crippen LogP contribution in [0, 0.1) is 12.3 Å². The summed E-state index contributed by atoms with van der Waals surface area (Å²) in [4.78, 5) is 17.1. The summed E-state index contributed by atoms with van der Waals surface area (Å²) >= 11 is 8.22. The van der Waals surface area contributed by atoms with Crippen molar-refractivity contribution in [2.45, 2.75) is 19.9 Å². The maximum atomic E-state index is 12.6. The SMILES string of the molecule is Cc1cccc(Cl)c1NC(=O)c1cnc(Nc2snc(O)c2C(=N)NC(C)CO)s1. The standard InChI is InChI=1S/C18H19ClN6O3S2/c1-8-4-3-5-10(19)13(8)23-15(27)11-6-21-18(29-11)24-17-12(16(28)25-30-17)14(20)22-9(2)7-26/h3-6,9,26H,7H2,1-2H3,(H2,20,22)(H,21,24)(H,23,27)(H,25,28). The number of aliphatic hydroxyl groups excluding tert-OH is 1. The number of carbonyl (C=O) groups is 1. The number of hydrogen-bond donors (Lipinski definition) is 6. The van der Waals surface area contributed by atoms with Gasteiger partial charge >= 0.3 is 0 Å². The lowest BCUT2D eigenvalue weighted by Crippen LogP contribution is -2.35. The molecular weight excluding hydrogens is 448 g/mol. The third-order valence-corrected chi connectivity index (χ3v) is 5.98. The molecule has 0 fully saturated rings. The third-order valence-electron chi connectivity index (χ3n) is 4.00. The maximum absolute atomic E-state index is 12.6. The van der Waals surface area contributed by atoms with Gasteiger partial charge < -0.3 is 26.2 Å². The number of nitrogens with zero attached hydrogens (tertiary/aromatic N) is 2. The average molecular weight is 467 g/mol. The molecule has 0 radical (unpaired) electrons. The Balaban J connectivity index is 1.75. The second kappa shape index (κ2) is 9.39. The van der Waals surface area contributed by atoms with Crippen molar-refractivity contribution in [1.29, 1.82) is 5.41 Å². The number of rotatable bonds is 7. The number of anilines is 3. The number of benzene rings is 1. The number of hydrogen-bond acceptors (Lipinski definition) is 9. The predicted molar refractivity (Wildman–Crippen MR) is 120 cm³/mol. The van der Waals surface area contributed by atoms with Crippen LogP contribution in [0.3, 0.4) is 0 Å². The van der Waals surface area contributed by atoms with Crippen LogP contribution in [0.4, 0.5) is 15.8 Å². The van der Waals surface area contributed by atoms with Crippen molar-refractivity contribution in [3.05, 3.63) is 45.4 Å². The molecule has 12 heteroatoms. The first-order chi connectivity index (χ1) is 14.3. The lowest BCUT2D eigenvalue weighted by Gasteiger charge is -2.13. The molecule has 6 N–H and O–H groups in total. The average Bonchev–Trinajstić information content (AvgIpc) is 3.31. The number of halogens is 1. The zero-order valence-electron chi connectivity index (χ0n) is 16.0. The number of para-hydroxylation sites is 1. The van der Waals surface area contributed by atoms with E-state index in [1.165, 1.54) is 6.20 Å². The largest absolute Gasteiger partial charge is 0.492 e. The van der Waals surface area contributed by atoms with Crippen LogP contribution in [-0.4, -0.2) is 44.0 Å². The summed E-state index contributed by atoms with van der Waals surface area (Å²) in [6.07, 6.45) is 1.42. The number of carbonyl (C=O) groups excluding carboxylic acids is 1. The van der Waals surface area contributed by atoms with Gasteiger partial charge in [0.2, 0.25) is 5.88 Å². The molecule has 0 saturated carbocycles. The molecule has 2 aromatic heterocycles. The van der Waals surface area contributed by atoms with Gasteiger partial charge in [0.25, 0.3) is 5.91 Å². The summed E-state index contributed by atoms with van der Waals surface area (Å²) in [5.41, 5.74) is 1.54. The minimum atomic E-state index is -0.368. The van der Waals surface area contributed by atoms with Crippen LogP contribution in [-0.2, 0) is 0 Å². The van der Waals surface area contributed by atoms with Crippen molar-refractivity contribution < 1.29 is 15.0 Å². The minimum Gasteiger partial charge on any atom is -0.492 e. The molecular formula is C18H19ClN6O3S2. The van der Waals surface area contributed by atoms with Crippen LogP contribution in [0.25, 0.3) is 0 Å². The Bertz CT molecular complexity index is 1060. The van der Waals surface area contributed by atoms with Gasteiger partial charge in [0.15, 0.2) is 5.13 Å². The van der Waals surface area contributed by atoms with Crippen molar-refractivity contribution in [3.63, 3.8) is 0 Å². The van der Waals surface area contributed by atoms with Gasteiger partial charge in [-0.3, -0.25) is 10.2 Å². The lowest BCUT2D eigenvalue weighted by molar-refractivity contribution is 0.103. The van der Waals surface area contributed by atoms with Crippen molar-refractivity contribution in [3.8, 4) is 5.88 Å². The lowest BCUT2D eigenvalue weighted by atomic mass is 10.2. The maximum Gasteiger partial charge on any atom is 0.267 e. The van der Waals surface area contributed by atoms with Gasteiger partial charge in [-0.1, -0.05) is 35.1 Å². The topological polar surface area (TPSA) is 143 Å². The molecule has 1 atom stereocenters. The van der Waals surface area contributed by atoms with E-state index in [1.807, 2.05) is 13.0 Å². The highest BCUT2D eigenvalue weighted by atomic mass is 35.5. The molecule has 9 nitrogen and oxygen atoms in total. The number of amides is 1. The first kappa shape index (κ1) is 22.0. The fourth-order valence-electron chi connectivity index (χ4n) is 2.46. The second-order valence-corrected chi connectivity index (χ2v) is 8.57. The van der Waals surface area contributed by atoms with E-state index in [9.17, 15) is 9.90 Å². The van der Waals surface area contributed by atoms with Crippen molar-refractivity contribution in [1.82, 2.24) is 14.7 Å². The number of aliphatic hydroxyl groups is 1. The third kappa shape index (κ3) is 4.87. The molecule has 1 amide bonds. The zero-order valence-corrected chi connectivity index (χ0v) is 18.4. The van der Waals surface area contributed by atoms with E-state index in [0.29, 0.717) is 25.7 Å². The number of thiazole rings is 1. The minimum absolute atomic E-state index is 0.0889. The van der Waals surface area contributed by atoms with E-state index in [1.54, 1.807) is 19.1 Å². The first-order valence-electron chi connectivity index (χ1n) is 8.74. The Morgan fingerprint density at radius 3 is 2.87 bits per heavy atom. The van der Waals surface area contributed by atoms with Crippen LogP contribution in [0.1, 0.15) is 27.7 Å². The summed E-state index contributed by atoms with van der Waals surface area (Å²) in [5, 5.41) is 37.0.